The molecule has 0 aromatic heterocycles. The molecule has 4 nitrogen and oxygen atoms in total. The molecule has 1 aliphatic heterocycles. The normalized spacial score (nSPS) is 16.5. The molecule has 1 aliphatic rings. The van der Waals surface area contributed by atoms with E-state index in [-0.39, 0.29) is 5.91 Å². The molecule has 1 aromatic carbocycles. The summed E-state index contributed by atoms with van der Waals surface area (Å²) in [5.41, 5.74) is 0.750. The summed E-state index contributed by atoms with van der Waals surface area (Å²) in [4.78, 5) is 14.3. The van der Waals surface area contributed by atoms with Gasteiger partial charge in [-0.3, -0.25) is 9.69 Å². The van der Waals surface area contributed by atoms with Crippen molar-refractivity contribution in [2.75, 3.05) is 39.4 Å². The van der Waals surface area contributed by atoms with Gasteiger partial charge in [0.25, 0.3) is 5.91 Å². The quantitative estimate of drug-likeness (QED) is 0.825. The topological polar surface area (TPSA) is 41.6 Å². The third-order valence-electron chi connectivity index (χ3n) is 2.94. The number of halogens is 1. The standard InChI is InChI=1S/C13H17IN2O2/c14-12-4-2-1-3-11(12)13(17)15-5-6-16-7-9-18-10-8-16/h1-4H,5-10H2,(H,15,17). The van der Waals surface area contributed by atoms with Crippen LogP contribution in [0.15, 0.2) is 24.3 Å². The Balaban J connectivity index is 1.76. The van der Waals surface area contributed by atoms with Gasteiger partial charge in [0.2, 0.25) is 0 Å². The highest BCUT2D eigenvalue weighted by molar-refractivity contribution is 14.1. The first-order chi connectivity index (χ1) is 8.77. The second kappa shape index (κ2) is 7.06. The lowest BCUT2D eigenvalue weighted by Crippen LogP contribution is -2.41. The molecule has 0 aliphatic carbocycles. The zero-order valence-corrected chi connectivity index (χ0v) is 12.4. The first-order valence-corrected chi connectivity index (χ1v) is 7.18. The van der Waals surface area contributed by atoms with Crippen LogP contribution < -0.4 is 5.32 Å². The lowest BCUT2D eigenvalue weighted by Gasteiger charge is -2.26. The Kier molecular flexibility index (Phi) is 5.40. The second-order valence-electron chi connectivity index (χ2n) is 4.19. The zero-order valence-electron chi connectivity index (χ0n) is 10.2. The van der Waals surface area contributed by atoms with Gasteiger partial charge >= 0.3 is 0 Å². The number of nitrogens with one attached hydrogen (secondary N) is 1. The largest absolute Gasteiger partial charge is 0.379 e. The molecule has 5 heteroatoms. The Morgan fingerprint density at radius 3 is 2.78 bits per heavy atom. The summed E-state index contributed by atoms with van der Waals surface area (Å²) in [6.45, 7) is 5.08. The van der Waals surface area contributed by atoms with Gasteiger partial charge in [-0.05, 0) is 34.7 Å². The van der Waals surface area contributed by atoms with E-state index in [1.54, 1.807) is 0 Å². The van der Waals surface area contributed by atoms with Crippen molar-refractivity contribution in [3.63, 3.8) is 0 Å². The maximum atomic E-state index is 11.9. The van der Waals surface area contributed by atoms with Crippen molar-refractivity contribution in [3.05, 3.63) is 33.4 Å². The summed E-state index contributed by atoms with van der Waals surface area (Å²) < 4.78 is 6.27. The number of ether oxygens (including phenoxy) is 1. The molecule has 98 valence electrons. The fourth-order valence-electron chi connectivity index (χ4n) is 1.89. The predicted molar refractivity (Wildman–Crippen MR) is 78.8 cm³/mol. The molecule has 0 spiro atoms. The smallest absolute Gasteiger partial charge is 0.252 e. The van der Waals surface area contributed by atoms with E-state index in [1.165, 1.54) is 0 Å². The van der Waals surface area contributed by atoms with Gasteiger partial charge in [-0.25, -0.2) is 0 Å². The fraction of sp³-hybridized carbons (Fsp3) is 0.462. The van der Waals surface area contributed by atoms with Gasteiger partial charge in [-0.2, -0.15) is 0 Å². The lowest BCUT2D eigenvalue weighted by molar-refractivity contribution is 0.0383. The summed E-state index contributed by atoms with van der Waals surface area (Å²) in [5.74, 6) is 0.00765. The van der Waals surface area contributed by atoms with Crippen molar-refractivity contribution in [3.8, 4) is 0 Å². The molecule has 1 fully saturated rings. The number of carbonyl (C=O) groups excluding carboxylic acids is 1. The van der Waals surface area contributed by atoms with Gasteiger partial charge in [0.15, 0.2) is 0 Å². The second-order valence-corrected chi connectivity index (χ2v) is 5.35. The van der Waals surface area contributed by atoms with Gasteiger partial charge < -0.3 is 10.1 Å². The van der Waals surface area contributed by atoms with Crippen molar-refractivity contribution >= 4 is 28.5 Å². The minimum absolute atomic E-state index is 0.00765. The van der Waals surface area contributed by atoms with Crippen molar-refractivity contribution in [2.24, 2.45) is 0 Å². The highest BCUT2D eigenvalue weighted by Gasteiger charge is 2.11. The van der Waals surface area contributed by atoms with Crippen LogP contribution in [0.5, 0.6) is 0 Å². The maximum absolute atomic E-state index is 11.9. The van der Waals surface area contributed by atoms with Crippen LogP contribution in [0.25, 0.3) is 0 Å². The van der Waals surface area contributed by atoms with Gasteiger partial charge in [-0.15, -0.1) is 0 Å². The summed E-state index contributed by atoms with van der Waals surface area (Å²) >= 11 is 2.18. The number of hydrogen-bond donors (Lipinski definition) is 1. The van der Waals surface area contributed by atoms with Gasteiger partial charge in [-0.1, -0.05) is 12.1 Å². The number of rotatable bonds is 4. The third kappa shape index (κ3) is 3.93. The van der Waals surface area contributed by atoms with Gasteiger partial charge in [0.05, 0.1) is 18.8 Å². The highest BCUT2D eigenvalue weighted by Crippen LogP contribution is 2.10. The van der Waals surface area contributed by atoms with Crippen molar-refractivity contribution in [1.29, 1.82) is 0 Å². The van der Waals surface area contributed by atoms with Gasteiger partial charge in [0, 0.05) is 29.7 Å². The summed E-state index contributed by atoms with van der Waals surface area (Å²) in [7, 11) is 0. The van der Waals surface area contributed by atoms with E-state index in [4.69, 9.17) is 4.74 Å². The van der Waals surface area contributed by atoms with Crippen LogP contribution in [0.1, 0.15) is 10.4 Å². The van der Waals surface area contributed by atoms with Crippen LogP contribution in [-0.4, -0.2) is 50.2 Å². The van der Waals surface area contributed by atoms with E-state index < -0.39 is 0 Å². The molecule has 0 radical (unpaired) electrons. The summed E-state index contributed by atoms with van der Waals surface area (Å²) in [5, 5.41) is 2.96. The number of benzene rings is 1. The van der Waals surface area contributed by atoms with Crippen LogP contribution in [-0.2, 0) is 4.74 Å². The van der Waals surface area contributed by atoms with Gasteiger partial charge in [0.1, 0.15) is 0 Å². The Bertz CT molecular complexity index is 406. The molecule has 1 N–H and O–H groups in total. The Labute approximate surface area is 121 Å². The van der Waals surface area contributed by atoms with Crippen LogP contribution in [0.4, 0.5) is 0 Å². The first kappa shape index (κ1) is 13.8. The van der Waals surface area contributed by atoms with Crippen LogP contribution >= 0.6 is 22.6 Å². The number of hydrogen-bond acceptors (Lipinski definition) is 3. The number of morpholine rings is 1. The first-order valence-electron chi connectivity index (χ1n) is 6.10. The fourth-order valence-corrected chi connectivity index (χ4v) is 2.53. The molecule has 0 unspecified atom stereocenters. The van der Waals surface area contributed by atoms with Crippen LogP contribution in [0.2, 0.25) is 0 Å². The molecule has 0 bridgehead atoms. The molecule has 2 rings (SSSR count). The molecular weight excluding hydrogens is 343 g/mol. The molecule has 18 heavy (non-hydrogen) atoms. The monoisotopic (exact) mass is 360 g/mol. The zero-order chi connectivity index (χ0) is 12.8. The van der Waals surface area contributed by atoms with Crippen LogP contribution in [0, 0.1) is 3.57 Å². The lowest BCUT2D eigenvalue weighted by atomic mass is 10.2. The Hall–Kier alpha value is -0.660. The average molecular weight is 360 g/mol. The highest BCUT2D eigenvalue weighted by atomic mass is 127. The van der Waals surface area contributed by atoms with E-state index in [0.29, 0.717) is 6.54 Å². The van der Waals surface area contributed by atoms with E-state index in [0.717, 1.165) is 42.0 Å². The van der Waals surface area contributed by atoms with E-state index in [2.05, 4.69) is 32.8 Å². The number of carbonyl (C=O) groups is 1. The third-order valence-corrected chi connectivity index (χ3v) is 3.88. The van der Waals surface area contributed by atoms with Crippen molar-refractivity contribution in [1.82, 2.24) is 10.2 Å². The summed E-state index contributed by atoms with van der Waals surface area (Å²) in [6.07, 6.45) is 0. The predicted octanol–water partition coefficient (Wildman–Crippen LogP) is 1.35. The Morgan fingerprint density at radius 2 is 2.06 bits per heavy atom. The van der Waals surface area contributed by atoms with Crippen LogP contribution in [0.3, 0.4) is 0 Å². The molecule has 0 saturated carbocycles. The maximum Gasteiger partial charge on any atom is 0.252 e. The minimum atomic E-state index is 0.00765. The SMILES string of the molecule is O=C(NCCN1CCOCC1)c1ccccc1I. The summed E-state index contributed by atoms with van der Waals surface area (Å²) in [6, 6.07) is 7.62. The number of nitrogens with zero attached hydrogens (tertiary/aromatic N) is 1. The molecular formula is C13H17IN2O2. The average Bonchev–Trinajstić information content (AvgIpc) is 2.40. The number of amides is 1. The van der Waals surface area contributed by atoms with E-state index in [1.807, 2.05) is 24.3 Å². The minimum Gasteiger partial charge on any atom is -0.379 e. The molecule has 1 saturated heterocycles. The molecule has 1 aromatic rings. The molecule has 0 atom stereocenters. The molecule has 1 heterocycles. The van der Waals surface area contributed by atoms with E-state index >= 15 is 0 Å². The van der Waals surface area contributed by atoms with Crippen molar-refractivity contribution in [2.45, 2.75) is 0 Å². The van der Waals surface area contributed by atoms with E-state index in [9.17, 15) is 4.79 Å². The molecule has 1 amide bonds. The van der Waals surface area contributed by atoms with Crippen molar-refractivity contribution < 1.29 is 9.53 Å². The Morgan fingerprint density at radius 1 is 1.33 bits per heavy atom.